The smallest absolute Gasteiger partial charge is 0.243 e. The Balaban J connectivity index is 1.42. The number of hydrogen-bond donors (Lipinski definition) is 1. The average Bonchev–Trinajstić information content (AvgIpc) is 2.72. The quantitative estimate of drug-likeness (QED) is 0.630. The van der Waals surface area contributed by atoms with E-state index in [2.05, 4.69) is 5.32 Å². The third-order valence-electron chi connectivity index (χ3n) is 5.67. The maximum Gasteiger partial charge on any atom is 0.243 e. The van der Waals surface area contributed by atoms with Crippen molar-refractivity contribution in [3.63, 3.8) is 0 Å². The van der Waals surface area contributed by atoms with Gasteiger partial charge in [-0.2, -0.15) is 4.31 Å². The molecule has 0 bridgehead atoms. The molecule has 1 fully saturated rings. The number of para-hydroxylation sites is 1. The third kappa shape index (κ3) is 6.08. The molecule has 0 atom stereocenters. The largest absolute Gasteiger partial charge is 0.493 e. The van der Waals surface area contributed by atoms with Crippen LogP contribution in [0.25, 0.3) is 0 Å². The topological polar surface area (TPSA) is 75.7 Å². The van der Waals surface area contributed by atoms with Crippen LogP contribution in [0.15, 0.2) is 47.4 Å². The zero-order valence-electron chi connectivity index (χ0n) is 18.6. The molecule has 1 amide bonds. The van der Waals surface area contributed by atoms with Crippen LogP contribution in [-0.4, -0.2) is 44.4 Å². The highest BCUT2D eigenvalue weighted by Gasteiger charge is 2.30. The molecule has 3 rings (SSSR count). The lowest BCUT2D eigenvalue weighted by molar-refractivity contribution is -0.122. The molecule has 168 valence electrons. The maximum absolute atomic E-state index is 13.0. The van der Waals surface area contributed by atoms with Crippen LogP contribution in [0.2, 0.25) is 0 Å². The molecule has 1 aliphatic heterocycles. The molecule has 0 spiro atoms. The number of hydrogen-bond acceptors (Lipinski definition) is 4. The fourth-order valence-electron chi connectivity index (χ4n) is 3.90. The summed E-state index contributed by atoms with van der Waals surface area (Å²) in [7, 11) is -3.50. The van der Waals surface area contributed by atoms with Gasteiger partial charge in [-0.1, -0.05) is 35.9 Å². The van der Waals surface area contributed by atoms with Crippen molar-refractivity contribution >= 4 is 15.9 Å². The van der Waals surface area contributed by atoms with E-state index >= 15 is 0 Å². The second-order valence-electron chi connectivity index (χ2n) is 8.23. The summed E-state index contributed by atoms with van der Waals surface area (Å²) in [6, 6.07) is 13.2. The first-order valence-electron chi connectivity index (χ1n) is 10.8. The average molecular weight is 445 g/mol. The molecular formula is C24H32N2O4S. The second-order valence-corrected chi connectivity index (χ2v) is 10.1. The summed E-state index contributed by atoms with van der Waals surface area (Å²) in [6.07, 6.45) is 2.28. The van der Waals surface area contributed by atoms with Gasteiger partial charge in [-0.15, -0.1) is 0 Å². The summed E-state index contributed by atoms with van der Waals surface area (Å²) in [5, 5.41) is 3.04. The Hall–Kier alpha value is -2.38. The monoisotopic (exact) mass is 444 g/mol. The van der Waals surface area contributed by atoms with Gasteiger partial charge in [-0.25, -0.2) is 8.42 Å². The summed E-state index contributed by atoms with van der Waals surface area (Å²) in [5.74, 6) is 0.837. The highest BCUT2D eigenvalue weighted by molar-refractivity contribution is 7.89. The summed E-state index contributed by atoms with van der Waals surface area (Å²) in [4.78, 5) is 12.6. The van der Waals surface area contributed by atoms with Crippen molar-refractivity contribution in [2.45, 2.75) is 57.4 Å². The first-order chi connectivity index (χ1) is 14.8. The number of sulfonamides is 1. The predicted octanol–water partition coefficient (Wildman–Crippen LogP) is 3.74. The van der Waals surface area contributed by atoms with E-state index in [4.69, 9.17) is 4.74 Å². The molecule has 0 aromatic heterocycles. The van der Waals surface area contributed by atoms with Crippen molar-refractivity contribution in [3.8, 4) is 5.75 Å². The Morgan fingerprint density at radius 1 is 1.06 bits per heavy atom. The number of nitrogens with one attached hydrogen (secondary N) is 1. The number of rotatable bonds is 8. The maximum atomic E-state index is 13.0. The fraction of sp³-hybridized carbons (Fsp3) is 0.458. The normalized spacial score (nSPS) is 15.6. The summed E-state index contributed by atoms with van der Waals surface area (Å²) >= 11 is 0. The van der Waals surface area contributed by atoms with E-state index in [1.165, 1.54) is 4.31 Å². The van der Waals surface area contributed by atoms with E-state index in [0.29, 0.717) is 50.3 Å². The molecular weight excluding hydrogens is 412 g/mol. The number of carbonyl (C=O) groups excluding carboxylic acids is 1. The van der Waals surface area contributed by atoms with Crippen molar-refractivity contribution in [3.05, 3.63) is 59.2 Å². The molecule has 2 aromatic rings. The number of carbonyl (C=O) groups is 1. The number of piperidine rings is 1. The fourth-order valence-corrected chi connectivity index (χ4v) is 5.58. The molecule has 1 saturated heterocycles. The predicted molar refractivity (Wildman–Crippen MR) is 122 cm³/mol. The summed E-state index contributed by atoms with van der Waals surface area (Å²) in [5.41, 5.74) is 2.89. The number of ether oxygens (including phenoxy) is 1. The number of nitrogens with zero attached hydrogens (tertiary/aromatic N) is 1. The number of amides is 1. The van der Waals surface area contributed by atoms with Crippen LogP contribution in [0, 0.1) is 20.8 Å². The molecule has 0 unspecified atom stereocenters. The van der Waals surface area contributed by atoms with Crippen molar-refractivity contribution in [2.24, 2.45) is 0 Å². The Kier molecular flexibility index (Phi) is 7.73. The Bertz CT molecular complexity index is 1010. The number of benzene rings is 2. The minimum Gasteiger partial charge on any atom is -0.493 e. The summed E-state index contributed by atoms with van der Waals surface area (Å²) < 4.78 is 33.2. The van der Waals surface area contributed by atoms with Gasteiger partial charge in [0.15, 0.2) is 0 Å². The molecule has 7 heteroatoms. The Labute approximate surface area is 185 Å². The van der Waals surface area contributed by atoms with Crippen LogP contribution in [0.1, 0.15) is 42.4 Å². The van der Waals surface area contributed by atoms with Crippen LogP contribution in [0.3, 0.4) is 0 Å². The lowest BCUT2D eigenvalue weighted by Gasteiger charge is -2.32. The molecule has 1 aliphatic rings. The highest BCUT2D eigenvalue weighted by atomic mass is 32.2. The van der Waals surface area contributed by atoms with Gasteiger partial charge in [0.1, 0.15) is 5.75 Å². The van der Waals surface area contributed by atoms with Gasteiger partial charge >= 0.3 is 0 Å². The molecule has 2 aromatic carbocycles. The summed E-state index contributed by atoms with van der Waals surface area (Å²) in [6.45, 7) is 7.09. The Morgan fingerprint density at radius 3 is 2.45 bits per heavy atom. The number of aryl methyl sites for hydroxylation is 3. The van der Waals surface area contributed by atoms with Crippen molar-refractivity contribution in [1.82, 2.24) is 9.62 Å². The van der Waals surface area contributed by atoms with Crippen LogP contribution in [-0.2, 0) is 14.8 Å². The van der Waals surface area contributed by atoms with E-state index < -0.39 is 10.0 Å². The zero-order chi connectivity index (χ0) is 22.4. The SMILES string of the molecule is Cc1ccc(S(=O)(=O)N2CCC(NC(=O)CCCOc3ccccc3C)CC2)c(C)c1. The van der Waals surface area contributed by atoms with Crippen molar-refractivity contribution in [2.75, 3.05) is 19.7 Å². The van der Waals surface area contributed by atoms with E-state index in [9.17, 15) is 13.2 Å². The molecule has 0 radical (unpaired) electrons. The van der Waals surface area contributed by atoms with Gasteiger partial charge in [0.05, 0.1) is 11.5 Å². The molecule has 1 N–H and O–H groups in total. The van der Waals surface area contributed by atoms with Gasteiger partial charge in [0, 0.05) is 25.6 Å². The van der Waals surface area contributed by atoms with Crippen molar-refractivity contribution < 1.29 is 17.9 Å². The van der Waals surface area contributed by atoms with Crippen LogP contribution in [0.4, 0.5) is 0 Å². The molecule has 31 heavy (non-hydrogen) atoms. The first-order valence-corrected chi connectivity index (χ1v) is 12.3. The second kappa shape index (κ2) is 10.3. The van der Waals surface area contributed by atoms with Gasteiger partial charge in [0.25, 0.3) is 0 Å². The lowest BCUT2D eigenvalue weighted by atomic mass is 10.1. The van der Waals surface area contributed by atoms with Crippen LogP contribution >= 0.6 is 0 Å². The third-order valence-corrected chi connectivity index (χ3v) is 7.73. The molecule has 6 nitrogen and oxygen atoms in total. The molecule has 1 heterocycles. The molecule has 0 saturated carbocycles. The highest BCUT2D eigenvalue weighted by Crippen LogP contribution is 2.24. The van der Waals surface area contributed by atoms with Gasteiger partial charge in [-0.05, 0) is 63.3 Å². The minimum absolute atomic E-state index is 0.00958. The van der Waals surface area contributed by atoms with Gasteiger partial charge in [-0.3, -0.25) is 4.79 Å². The van der Waals surface area contributed by atoms with Crippen molar-refractivity contribution in [1.29, 1.82) is 0 Å². The van der Waals surface area contributed by atoms with Crippen LogP contribution < -0.4 is 10.1 Å². The Morgan fingerprint density at radius 2 is 1.77 bits per heavy atom. The van der Waals surface area contributed by atoms with Crippen LogP contribution in [0.5, 0.6) is 5.75 Å². The van der Waals surface area contributed by atoms with Gasteiger partial charge in [0.2, 0.25) is 15.9 Å². The zero-order valence-corrected chi connectivity index (χ0v) is 19.4. The first kappa shape index (κ1) is 23.3. The van der Waals surface area contributed by atoms with Gasteiger partial charge < -0.3 is 10.1 Å². The van der Waals surface area contributed by atoms with E-state index in [1.54, 1.807) is 6.07 Å². The van der Waals surface area contributed by atoms with E-state index in [-0.39, 0.29) is 11.9 Å². The van der Waals surface area contributed by atoms with E-state index in [0.717, 1.165) is 22.4 Å². The lowest BCUT2D eigenvalue weighted by Crippen LogP contribution is -2.46. The van der Waals surface area contributed by atoms with E-state index in [1.807, 2.05) is 57.2 Å². The standard InChI is InChI=1S/C24H32N2O4S/c1-18-10-11-23(20(3)17-18)31(28,29)26-14-12-21(13-15-26)25-24(27)9-6-16-30-22-8-5-4-7-19(22)2/h4-5,7-8,10-11,17,21H,6,9,12-16H2,1-3H3,(H,25,27). The minimum atomic E-state index is -3.50. The molecule has 0 aliphatic carbocycles.